The molecule has 2 unspecified atom stereocenters. The van der Waals surface area contributed by atoms with Gasteiger partial charge in [0.05, 0.1) is 25.9 Å². The summed E-state index contributed by atoms with van der Waals surface area (Å²) in [5.41, 5.74) is 1.66. The third-order valence-corrected chi connectivity index (χ3v) is 4.68. The van der Waals surface area contributed by atoms with Gasteiger partial charge in [-0.3, -0.25) is 9.69 Å². The van der Waals surface area contributed by atoms with Crippen LogP contribution in [0.25, 0.3) is 0 Å². The lowest BCUT2D eigenvalue weighted by Crippen LogP contribution is -2.43. The Hall–Kier alpha value is -1.76. The second kappa shape index (κ2) is 11.9. The number of carbonyl (C=O) groups is 1. The number of nitrogens with zero attached hydrogens (tertiary/aromatic N) is 1. The molecule has 152 valence electrons. The van der Waals surface area contributed by atoms with Crippen molar-refractivity contribution in [3.8, 4) is 0 Å². The highest BCUT2D eigenvalue weighted by molar-refractivity contribution is 5.99. The van der Waals surface area contributed by atoms with Crippen molar-refractivity contribution in [3.05, 3.63) is 71.8 Å². The highest BCUT2D eigenvalue weighted by Gasteiger charge is 2.23. The van der Waals surface area contributed by atoms with Gasteiger partial charge in [0.15, 0.2) is 5.78 Å². The molecule has 5 nitrogen and oxygen atoms in total. The Kier molecular flexibility index (Phi) is 9.61. The van der Waals surface area contributed by atoms with Crippen molar-refractivity contribution in [2.75, 3.05) is 39.5 Å². The molecule has 0 spiro atoms. The Bertz CT molecular complexity index is 692. The minimum absolute atomic E-state index is 0. The van der Waals surface area contributed by atoms with Gasteiger partial charge in [0.25, 0.3) is 0 Å². The zero-order valence-corrected chi connectivity index (χ0v) is 16.7. The van der Waals surface area contributed by atoms with Crippen LogP contribution in [-0.4, -0.2) is 67.5 Å². The number of morpholine rings is 1. The molecule has 1 heterocycles. The van der Waals surface area contributed by atoms with Crippen LogP contribution in [-0.2, 0) is 15.9 Å². The maximum absolute atomic E-state index is 12.9. The molecule has 6 heteroatoms. The van der Waals surface area contributed by atoms with E-state index in [0.29, 0.717) is 31.7 Å². The van der Waals surface area contributed by atoms with E-state index in [-0.39, 0.29) is 24.8 Å². The molecule has 2 aromatic rings. The first-order chi connectivity index (χ1) is 13.2. The molecule has 1 aliphatic rings. The molecule has 0 radical (unpaired) electrons. The summed E-state index contributed by atoms with van der Waals surface area (Å²) >= 11 is 0. The van der Waals surface area contributed by atoms with Gasteiger partial charge in [0, 0.05) is 31.6 Å². The van der Waals surface area contributed by atoms with E-state index in [1.165, 1.54) is 0 Å². The number of aliphatic hydroxyl groups excluding tert-OH is 1. The van der Waals surface area contributed by atoms with E-state index in [1.54, 1.807) is 12.1 Å². The van der Waals surface area contributed by atoms with E-state index in [0.717, 1.165) is 18.7 Å². The Morgan fingerprint density at radius 3 is 2.29 bits per heavy atom. The summed E-state index contributed by atoms with van der Waals surface area (Å²) in [7, 11) is 0. The van der Waals surface area contributed by atoms with Crippen molar-refractivity contribution >= 4 is 18.2 Å². The van der Waals surface area contributed by atoms with Crippen LogP contribution in [0.15, 0.2) is 60.7 Å². The lowest BCUT2D eigenvalue weighted by Gasteiger charge is -2.29. The number of ketones is 1. The number of benzene rings is 2. The van der Waals surface area contributed by atoms with Crippen LogP contribution in [0, 0.1) is 0 Å². The van der Waals surface area contributed by atoms with Gasteiger partial charge in [-0.15, -0.1) is 12.4 Å². The number of hydrogen-bond acceptors (Lipinski definition) is 5. The summed E-state index contributed by atoms with van der Waals surface area (Å²) in [6.07, 6.45) is -0.766. The molecule has 1 saturated heterocycles. The normalized spacial score (nSPS) is 16.8. The zero-order valence-electron chi connectivity index (χ0n) is 15.9. The Morgan fingerprint density at radius 2 is 1.64 bits per heavy atom. The number of halogens is 1. The zero-order chi connectivity index (χ0) is 18.9. The Morgan fingerprint density at radius 1 is 1.04 bits per heavy atom. The van der Waals surface area contributed by atoms with Crippen LogP contribution in [0.3, 0.4) is 0 Å². The van der Waals surface area contributed by atoms with Crippen LogP contribution < -0.4 is 0 Å². The van der Waals surface area contributed by atoms with E-state index in [2.05, 4.69) is 4.90 Å². The standard InChI is InChI=1S/C22H27NO4.ClH/c24-20(16-23-11-13-26-14-12-23)17-27-21(15-18-7-3-1-4-8-18)22(25)19-9-5-2-6-10-19;/h1-10,20-21,24H,11-17H2;1H. The minimum Gasteiger partial charge on any atom is -0.389 e. The lowest BCUT2D eigenvalue weighted by atomic mass is 10.00. The molecule has 0 amide bonds. The van der Waals surface area contributed by atoms with Crippen molar-refractivity contribution in [1.29, 1.82) is 0 Å². The Balaban J connectivity index is 0.00000280. The predicted octanol–water partition coefficient (Wildman–Crippen LogP) is 2.61. The molecular formula is C22H28ClNO4. The highest BCUT2D eigenvalue weighted by atomic mass is 35.5. The fraction of sp³-hybridized carbons (Fsp3) is 0.409. The average Bonchev–Trinajstić information content (AvgIpc) is 2.73. The molecular weight excluding hydrogens is 378 g/mol. The van der Waals surface area contributed by atoms with Crippen LogP contribution in [0.4, 0.5) is 0 Å². The number of carbonyl (C=O) groups excluding carboxylic acids is 1. The van der Waals surface area contributed by atoms with Crippen LogP contribution in [0.2, 0.25) is 0 Å². The van der Waals surface area contributed by atoms with Gasteiger partial charge in [-0.1, -0.05) is 60.7 Å². The van der Waals surface area contributed by atoms with E-state index >= 15 is 0 Å². The fourth-order valence-electron chi connectivity index (χ4n) is 3.21. The molecule has 2 aromatic carbocycles. The number of aliphatic hydroxyl groups is 1. The van der Waals surface area contributed by atoms with Gasteiger partial charge in [-0.05, 0) is 5.56 Å². The van der Waals surface area contributed by atoms with Gasteiger partial charge in [-0.25, -0.2) is 0 Å². The van der Waals surface area contributed by atoms with Crippen molar-refractivity contribution in [2.45, 2.75) is 18.6 Å². The van der Waals surface area contributed by atoms with Crippen LogP contribution in [0.5, 0.6) is 0 Å². The number of ether oxygens (including phenoxy) is 2. The van der Waals surface area contributed by atoms with E-state index in [4.69, 9.17) is 9.47 Å². The summed E-state index contributed by atoms with van der Waals surface area (Å²) in [6, 6.07) is 19.0. The number of β-amino-alcohol motifs (C(OH)–C–C–N with tert-alkyl or cyclic N) is 1. The molecule has 0 bridgehead atoms. The summed E-state index contributed by atoms with van der Waals surface area (Å²) in [6.45, 7) is 3.67. The van der Waals surface area contributed by atoms with Crippen LogP contribution >= 0.6 is 12.4 Å². The Labute approximate surface area is 172 Å². The van der Waals surface area contributed by atoms with Gasteiger partial charge in [0.1, 0.15) is 6.10 Å². The lowest BCUT2D eigenvalue weighted by molar-refractivity contribution is -0.0296. The monoisotopic (exact) mass is 405 g/mol. The van der Waals surface area contributed by atoms with Gasteiger partial charge >= 0.3 is 0 Å². The average molecular weight is 406 g/mol. The van der Waals surface area contributed by atoms with Gasteiger partial charge in [0.2, 0.25) is 0 Å². The molecule has 1 aliphatic heterocycles. The first-order valence-corrected chi connectivity index (χ1v) is 9.45. The first kappa shape index (κ1) is 22.5. The minimum atomic E-state index is -0.634. The van der Waals surface area contributed by atoms with E-state index in [1.807, 2.05) is 48.5 Å². The van der Waals surface area contributed by atoms with Crippen molar-refractivity contribution < 1.29 is 19.4 Å². The van der Waals surface area contributed by atoms with E-state index < -0.39 is 12.2 Å². The topological polar surface area (TPSA) is 59.0 Å². The third kappa shape index (κ3) is 7.00. The molecule has 0 aromatic heterocycles. The fourth-order valence-corrected chi connectivity index (χ4v) is 3.21. The molecule has 2 atom stereocenters. The van der Waals surface area contributed by atoms with Gasteiger partial charge in [-0.2, -0.15) is 0 Å². The molecule has 28 heavy (non-hydrogen) atoms. The van der Waals surface area contributed by atoms with Crippen molar-refractivity contribution in [2.24, 2.45) is 0 Å². The quantitative estimate of drug-likeness (QED) is 0.650. The smallest absolute Gasteiger partial charge is 0.191 e. The first-order valence-electron chi connectivity index (χ1n) is 9.45. The molecule has 0 saturated carbocycles. The highest BCUT2D eigenvalue weighted by Crippen LogP contribution is 2.13. The number of Topliss-reactive ketones (excluding diaryl/α,β-unsaturated/α-hetero) is 1. The molecule has 1 fully saturated rings. The van der Waals surface area contributed by atoms with E-state index in [9.17, 15) is 9.90 Å². The SMILES string of the molecule is Cl.O=C(c1ccccc1)C(Cc1ccccc1)OCC(O)CN1CCOCC1. The van der Waals surface area contributed by atoms with Gasteiger partial charge < -0.3 is 14.6 Å². The second-order valence-corrected chi connectivity index (χ2v) is 6.81. The third-order valence-electron chi connectivity index (χ3n) is 4.68. The van der Waals surface area contributed by atoms with Crippen molar-refractivity contribution in [1.82, 2.24) is 4.90 Å². The molecule has 1 N–H and O–H groups in total. The predicted molar refractivity (Wildman–Crippen MR) is 111 cm³/mol. The summed E-state index contributed by atoms with van der Waals surface area (Å²) in [4.78, 5) is 15.1. The van der Waals surface area contributed by atoms with Crippen molar-refractivity contribution in [3.63, 3.8) is 0 Å². The number of hydrogen-bond donors (Lipinski definition) is 1. The summed E-state index contributed by atoms with van der Waals surface area (Å²) in [5, 5.41) is 10.3. The number of rotatable bonds is 9. The summed E-state index contributed by atoms with van der Waals surface area (Å²) in [5.74, 6) is -0.0574. The molecule has 0 aliphatic carbocycles. The van der Waals surface area contributed by atoms with Crippen LogP contribution in [0.1, 0.15) is 15.9 Å². The maximum Gasteiger partial charge on any atom is 0.191 e. The maximum atomic E-state index is 12.9. The second-order valence-electron chi connectivity index (χ2n) is 6.81. The largest absolute Gasteiger partial charge is 0.389 e. The summed E-state index contributed by atoms with van der Waals surface area (Å²) < 4.78 is 11.2. The molecule has 3 rings (SSSR count).